The Labute approximate surface area is 112 Å². The van der Waals surface area contributed by atoms with Crippen LogP contribution in [-0.4, -0.2) is 36.5 Å². The van der Waals surface area contributed by atoms with Crippen LogP contribution in [0.15, 0.2) is 0 Å². The predicted molar refractivity (Wildman–Crippen MR) is 76.6 cm³/mol. The number of unbranched alkanes of at least 4 members (excludes halogenated alkanes) is 2. The van der Waals surface area contributed by atoms with Gasteiger partial charge in [0.2, 0.25) is 5.91 Å². The van der Waals surface area contributed by atoms with Gasteiger partial charge in [0.15, 0.2) is 0 Å². The molecule has 0 bridgehead atoms. The van der Waals surface area contributed by atoms with Gasteiger partial charge in [0, 0.05) is 13.1 Å². The van der Waals surface area contributed by atoms with Crippen molar-refractivity contribution in [3.05, 3.63) is 0 Å². The molecule has 18 heavy (non-hydrogen) atoms. The second kappa shape index (κ2) is 7.13. The van der Waals surface area contributed by atoms with Gasteiger partial charge < -0.3 is 10.2 Å². The molecule has 0 radical (unpaired) electrons. The molecule has 1 atom stereocenters. The number of hydrogen-bond donors (Lipinski definition) is 1. The summed E-state index contributed by atoms with van der Waals surface area (Å²) in [6.07, 6.45) is 6.04. The first-order valence-corrected chi connectivity index (χ1v) is 7.52. The number of carbonyl (C=O) groups is 1. The predicted octanol–water partition coefficient (Wildman–Crippen LogP) is 2.80. The van der Waals surface area contributed by atoms with E-state index in [9.17, 15) is 4.79 Å². The molecule has 1 fully saturated rings. The maximum atomic E-state index is 12.2. The molecule has 0 spiro atoms. The molecule has 0 aliphatic carbocycles. The van der Waals surface area contributed by atoms with Gasteiger partial charge in [0.05, 0.1) is 6.04 Å². The lowest BCUT2D eigenvalue weighted by Crippen LogP contribution is -2.41. The highest BCUT2D eigenvalue weighted by molar-refractivity contribution is 5.84. The fourth-order valence-corrected chi connectivity index (χ4v) is 2.78. The van der Waals surface area contributed by atoms with Crippen LogP contribution in [0.25, 0.3) is 0 Å². The van der Waals surface area contributed by atoms with Crippen LogP contribution in [0.4, 0.5) is 0 Å². The van der Waals surface area contributed by atoms with Crippen LogP contribution in [-0.2, 0) is 4.79 Å². The number of amides is 1. The minimum atomic E-state index is 0.0708. The van der Waals surface area contributed by atoms with E-state index in [1.54, 1.807) is 0 Å². The van der Waals surface area contributed by atoms with E-state index in [4.69, 9.17) is 0 Å². The molecule has 1 rings (SSSR count). The summed E-state index contributed by atoms with van der Waals surface area (Å²) in [4.78, 5) is 14.2. The van der Waals surface area contributed by atoms with Gasteiger partial charge in [-0.05, 0) is 24.8 Å². The first-order chi connectivity index (χ1) is 8.50. The highest BCUT2D eigenvalue weighted by Gasteiger charge is 2.33. The summed E-state index contributed by atoms with van der Waals surface area (Å²) >= 11 is 0. The van der Waals surface area contributed by atoms with Crippen molar-refractivity contribution in [1.82, 2.24) is 10.2 Å². The van der Waals surface area contributed by atoms with Crippen LogP contribution in [0, 0.1) is 5.41 Å². The van der Waals surface area contributed by atoms with E-state index in [0.717, 1.165) is 26.1 Å². The Balaban J connectivity index is 2.40. The van der Waals surface area contributed by atoms with Crippen molar-refractivity contribution in [1.29, 1.82) is 0 Å². The van der Waals surface area contributed by atoms with Crippen molar-refractivity contribution in [3.8, 4) is 0 Å². The van der Waals surface area contributed by atoms with Gasteiger partial charge in [-0.25, -0.2) is 0 Å². The number of carbonyl (C=O) groups excluding carboxylic acids is 1. The zero-order valence-electron chi connectivity index (χ0n) is 12.6. The normalized spacial score (nSPS) is 20.8. The van der Waals surface area contributed by atoms with Crippen molar-refractivity contribution in [2.24, 2.45) is 5.41 Å². The van der Waals surface area contributed by atoms with Crippen molar-refractivity contribution in [2.45, 2.75) is 65.8 Å². The van der Waals surface area contributed by atoms with Crippen LogP contribution in [0.1, 0.15) is 59.8 Å². The van der Waals surface area contributed by atoms with Gasteiger partial charge >= 0.3 is 0 Å². The maximum absolute atomic E-state index is 12.2. The molecule has 0 aromatic heterocycles. The molecule has 1 heterocycles. The van der Waals surface area contributed by atoms with E-state index >= 15 is 0 Å². The Morgan fingerprint density at radius 2 is 2.06 bits per heavy atom. The molecule has 0 aromatic rings. The summed E-state index contributed by atoms with van der Waals surface area (Å²) in [7, 11) is 0. The van der Waals surface area contributed by atoms with Crippen molar-refractivity contribution < 1.29 is 4.79 Å². The smallest absolute Gasteiger partial charge is 0.239 e. The summed E-state index contributed by atoms with van der Waals surface area (Å²) in [6, 6.07) is 0.0708. The number of likely N-dealkylation sites (tertiary alicyclic amines) is 1. The first kappa shape index (κ1) is 15.5. The van der Waals surface area contributed by atoms with Crippen LogP contribution < -0.4 is 5.32 Å². The Kier molecular flexibility index (Phi) is 6.13. The van der Waals surface area contributed by atoms with E-state index in [1.807, 2.05) is 0 Å². The number of nitrogens with one attached hydrogen (secondary N) is 1. The molecule has 1 N–H and O–H groups in total. The molecule has 0 saturated carbocycles. The fraction of sp³-hybridized carbons (Fsp3) is 0.933. The van der Waals surface area contributed by atoms with Gasteiger partial charge in [0.25, 0.3) is 0 Å². The van der Waals surface area contributed by atoms with E-state index < -0.39 is 0 Å². The summed E-state index contributed by atoms with van der Waals surface area (Å²) in [5.41, 5.74) is 0.256. The Morgan fingerprint density at radius 3 is 2.67 bits per heavy atom. The lowest BCUT2D eigenvalue weighted by Gasteiger charge is -2.30. The molecular formula is C15H30N2O. The van der Waals surface area contributed by atoms with Gasteiger partial charge in [0.1, 0.15) is 0 Å². The quantitative estimate of drug-likeness (QED) is 0.676. The van der Waals surface area contributed by atoms with Gasteiger partial charge in [-0.3, -0.25) is 4.79 Å². The average Bonchev–Trinajstić information content (AvgIpc) is 2.62. The zero-order chi connectivity index (χ0) is 13.6. The minimum absolute atomic E-state index is 0.0708. The molecule has 3 heteroatoms. The van der Waals surface area contributed by atoms with Crippen molar-refractivity contribution in [3.63, 3.8) is 0 Å². The van der Waals surface area contributed by atoms with Crippen LogP contribution >= 0.6 is 0 Å². The highest BCUT2D eigenvalue weighted by atomic mass is 16.2. The zero-order valence-corrected chi connectivity index (χ0v) is 12.6. The Bertz CT molecular complexity index is 263. The van der Waals surface area contributed by atoms with Crippen LogP contribution in [0.3, 0.4) is 0 Å². The van der Waals surface area contributed by atoms with Gasteiger partial charge in [-0.1, -0.05) is 47.0 Å². The Hall–Kier alpha value is -0.570. The molecular weight excluding hydrogens is 224 g/mol. The maximum Gasteiger partial charge on any atom is 0.239 e. The monoisotopic (exact) mass is 254 g/mol. The average molecular weight is 254 g/mol. The molecule has 3 nitrogen and oxygen atoms in total. The summed E-state index contributed by atoms with van der Waals surface area (Å²) in [6.45, 7) is 11.6. The topological polar surface area (TPSA) is 32.3 Å². The number of nitrogens with zero attached hydrogens (tertiary/aromatic N) is 1. The van der Waals surface area contributed by atoms with E-state index in [1.165, 1.54) is 25.7 Å². The van der Waals surface area contributed by atoms with Crippen molar-refractivity contribution in [2.75, 3.05) is 19.6 Å². The first-order valence-electron chi connectivity index (χ1n) is 7.52. The Morgan fingerprint density at radius 1 is 1.33 bits per heavy atom. The van der Waals surface area contributed by atoms with Gasteiger partial charge in [-0.15, -0.1) is 0 Å². The number of rotatable bonds is 8. The molecule has 1 unspecified atom stereocenters. The molecule has 106 valence electrons. The summed E-state index contributed by atoms with van der Waals surface area (Å²) < 4.78 is 0. The second-order valence-electron chi connectivity index (χ2n) is 6.28. The second-order valence-corrected chi connectivity index (χ2v) is 6.28. The van der Waals surface area contributed by atoms with Crippen LogP contribution in [0.5, 0.6) is 0 Å². The van der Waals surface area contributed by atoms with E-state index in [-0.39, 0.29) is 11.5 Å². The minimum Gasteiger partial charge on any atom is -0.341 e. The molecule has 0 aromatic carbocycles. The highest BCUT2D eigenvalue weighted by Crippen LogP contribution is 2.27. The third-order valence-corrected chi connectivity index (χ3v) is 3.82. The third-order valence-electron chi connectivity index (χ3n) is 3.82. The summed E-state index contributed by atoms with van der Waals surface area (Å²) in [5, 5.41) is 3.27. The molecule has 1 aliphatic rings. The largest absolute Gasteiger partial charge is 0.341 e. The molecule has 1 saturated heterocycles. The number of likely N-dealkylation sites (N-methyl/N-ethyl adjacent to an activating group) is 1. The van der Waals surface area contributed by atoms with Crippen molar-refractivity contribution >= 4 is 5.91 Å². The van der Waals surface area contributed by atoms with E-state index in [2.05, 4.69) is 37.9 Å². The molecule has 1 aliphatic heterocycles. The lowest BCUT2D eigenvalue weighted by atomic mass is 9.86. The SMILES string of the molecule is CCCCCC(C)(C)CN1CCC(NCC)C1=O. The number of hydrogen-bond acceptors (Lipinski definition) is 2. The standard InChI is InChI=1S/C15H30N2O/c1-5-7-8-10-15(3,4)12-17-11-9-13(14(17)18)16-6-2/h13,16H,5-12H2,1-4H3. The van der Waals surface area contributed by atoms with E-state index in [0.29, 0.717) is 5.91 Å². The summed E-state index contributed by atoms with van der Waals surface area (Å²) in [5.74, 6) is 0.306. The van der Waals surface area contributed by atoms with Gasteiger partial charge in [-0.2, -0.15) is 0 Å². The van der Waals surface area contributed by atoms with Crippen LogP contribution in [0.2, 0.25) is 0 Å². The molecule has 1 amide bonds. The lowest BCUT2D eigenvalue weighted by molar-refractivity contribution is -0.130. The fourth-order valence-electron chi connectivity index (χ4n) is 2.78. The third kappa shape index (κ3) is 4.60.